The molecule has 0 aromatic carbocycles. The quantitative estimate of drug-likeness (QED) is 0.466. The van der Waals surface area contributed by atoms with Crippen molar-refractivity contribution in [3.8, 4) is 0 Å². The van der Waals surface area contributed by atoms with E-state index in [4.69, 9.17) is 0 Å². The summed E-state index contributed by atoms with van der Waals surface area (Å²) in [5.41, 5.74) is 0. The fourth-order valence-corrected chi connectivity index (χ4v) is 0.552. The summed E-state index contributed by atoms with van der Waals surface area (Å²) in [5.74, 6) is -0.347. The van der Waals surface area contributed by atoms with Gasteiger partial charge in [0.15, 0.2) is 0 Å². The lowest BCUT2D eigenvalue weighted by Crippen LogP contribution is -2.22. The molecule has 0 aliphatic heterocycles. The maximum Gasteiger partial charge on any atom is 0.302 e. The van der Waals surface area contributed by atoms with Gasteiger partial charge >= 0.3 is 5.97 Å². The number of esters is 1. The van der Waals surface area contributed by atoms with Gasteiger partial charge in [0.2, 0.25) is 5.91 Å². The smallest absolute Gasteiger partial charge is 0.302 e. The van der Waals surface area contributed by atoms with Gasteiger partial charge in [0.05, 0.1) is 6.61 Å². The Morgan fingerprint density at radius 3 is 2.45 bits per heavy atom. The lowest BCUT2D eigenvalue weighted by Gasteiger charge is -2.01. The van der Waals surface area contributed by atoms with Gasteiger partial charge in [-0.1, -0.05) is 0 Å². The molecule has 11 heavy (non-hydrogen) atoms. The molecule has 0 aliphatic carbocycles. The highest BCUT2D eigenvalue weighted by molar-refractivity contribution is 5.72. The molecule has 0 aromatic rings. The van der Waals surface area contributed by atoms with E-state index in [1.54, 1.807) is 0 Å². The predicted molar refractivity (Wildman–Crippen MR) is 39.9 cm³/mol. The van der Waals surface area contributed by atoms with Gasteiger partial charge in [-0.3, -0.25) is 9.59 Å². The largest absolute Gasteiger partial charge is 0.466 e. The van der Waals surface area contributed by atoms with Crippen LogP contribution in [0.25, 0.3) is 0 Å². The lowest BCUT2D eigenvalue weighted by atomic mass is 10.4. The second-order valence-electron chi connectivity index (χ2n) is 2.18. The normalized spacial score (nSPS) is 8.91. The van der Waals surface area contributed by atoms with E-state index in [0.29, 0.717) is 19.6 Å². The highest BCUT2D eigenvalue weighted by Gasteiger charge is 1.93. The molecule has 0 heterocycles. The van der Waals surface area contributed by atoms with Crippen LogP contribution in [0.5, 0.6) is 0 Å². The van der Waals surface area contributed by atoms with Crippen molar-refractivity contribution < 1.29 is 14.3 Å². The topological polar surface area (TPSA) is 55.4 Å². The van der Waals surface area contributed by atoms with Crippen LogP contribution in [0.3, 0.4) is 0 Å². The van der Waals surface area contributed by atoms with E-state index < -0.39 is 0 Å². The van der Waals surface area contributed by atoms with Crippen molar-refractivity contribution >= 4 is 11.9 Å². The van der Waals surface area contributed by atoms with Crippen LogP contribution in [0.15, 0.2) is 0 Å². The summed E-state index contributed by atoms with van der Waals surface area (Å²) in [6.07, 6.45) is 0.666. The Morgan fingerprint density at radius 1 is 1.36 bits per heavy atom. The molecule has 0 radical (unpaired) electrons. The van der Waals surface area contributed by atoms with Gasteiger partial charge in [0.1, 0.15) is 0 Å². The third-order valence-corrected chi connectivity index (χ3v) is 1.00. The standard InChI is InChI=1S/C7H13NO3/c1-6(9)8-4-3-5-11-7(2)10/h3-5H2,1-2H3,(H,8,9). The third kappa shape index (κ3) is 8.94. The summed E-state index contributed by atoms with van der Waals surface area (Å²) in [4.78, 5) is 20.6. The van der Waals surface area contributed by atoms with Crippen LogP contribution >= 0.6 is 0 Å². The van der Waals surface area contributed by atoms with Crippen LogP contribution in [0.1, 0.15) is 20.3 Å². The van der Waals surface area contributed by atoms with Gasteiger partial charge in [-0.05, 0) is 6.42 Å². The molecule has 0 aliphatic rings. The summed E-state index contributed by atoms with van der Waals surface area (Å²) >= 11 is 0. The van der Waals surface area contributed by atoms with E-state index in [1.165, 1.54) is 13.8 Å². The van der Waals surface area contributed by atoms with E-state index in [0.717, 1.165) is 0 Å². The first kappa shape index (κ1) is 9.94. The highest BCUT2D eigenvalue weighted by Crippen LogP contribution is 1.81. The molecule has 0 fully saturated rings. The molecule has 64 valence electrons. The van der Waals surface area contributed by atoms with Crippen LogP contribution in [0, 0.1) is 0 Å². The molecule has 0 atom stereocenters. The predicted octanol–water partition coefficient (Wildman–Crippen LogP) is 0.0757. The van der Waals surface area contributed by atoms with E-state index in [2.05, 4.69) is 10.1 Å². The summed E-state index contributed by atoms with van der Waals surface area (Å²) < 4.78 is 4.63. The molecule has 0 spiro atoms. The van der Waals surface area contributed by atoms with Crippen LogP contribution in [-0.2, 0) is 14.3 Å². The number of ether oxygens (including phenoxy) is 1. The molecule has 0 saturated heterocycles. The summed E-state index contributed by atoms with van der Waals surface area (Å²) in [6, 6.07) is 0. The van der Waals surface area contributed by atoms with Gasteiger partial charge in [0.25, 0.3) is 0 Å². The zero-order valence-corrected chi connectivity index (χ0v) is 6.85. The van der Waals surface area contributed by atoms with Crippen molar-refractivity contribution in [3.05, 3.63) is 0 Å². The van der Waals surface area contributed by atoms with E-state index in [1.807, 2.05) is 0 Å². The van der Waals surface area contributed by atoms with Crippen LogP contribution in [-0.4, -0.2) is 25.0 Å². The molecular formula is C7H13NO3. The van der Waals surface area contributed by atoms with Crippen LogP contribution < -0.4 is 5.32 Å². The fraction of sp³-hybridized carbons (Fsp3) is 0.714. The van der Waals surface area contributed by atoms with Crippen molar-refractivity contribution in [2.75, 3.05) is 13.2 Å². The van der Waals surface area contributed by atoms with E-state index in [-0.39, 0.29) is 11.9 Å². The molecule has 4 nitrogen and oxygen atoms in total. The second-order valence-corrected chi connectivity index (χ2v) is 2.18. The molecule has 0 bridgehead atoms. The van der Waals surface area contributed by atoms with Crippen LogP contribution in [0.4, 0.5) is 0 Å². The molecule has 0 saturated carbocycles. The number of rotatable bonds is 4. The lowest BCUT2D eigenvalue weighted by molar-refractivity contribution is -0.140. The minimum Gasteiger partial charge on any atom is -0.466 e. The minimum absolute atomic E-state index is 0.0622. The minimum atomic E-state index is -0.284. The average molecular weight is 159 g/mol. The van der Waals surface area contributed by atoms with Crippen molar-refractivity contribution in [1.29, 1.82) is 0 Å². The van der Waals surface area contributed by atoms with Crippen molar-refractivity contribution in [1.82, 2.24) is 5.32 Å². The maximum atomic E-state index is 10.3. The molecule has 0 unspecified atom stereocenters. The molecule has 0 aromatic heterocycles. The third-order valence-electron chi connectivity index (χ3n) is 1.00. The molecule has 1 N–H and O–H groups in total. The average Bonchev–Trinajstić information content (AvgIpc) is 1.85. The SMILES string of the molecule is CC(=O)NCCCOC(C)=O. The fourth-order valence-electron chi connectivity index (χ4n) is 0.552. The van der Waals surface area contributed by atoms with Gasteiger partial charge in [-0.25, -0.2) is 0 Å². The number of nitrogens with one attached hydrogen (secondary N) is 1. The maximum absolute atomic E-state index is 10.3. The zero-order valence-electron chi connectivity index (χ0n) is 6.85. The summed E-state index contributed by atoms with van der Waals surface area (Å²) in [6.45, 7) is 3.74. The zero-order chi connectivity index (χ0) is 8.69. The first-order valence-corrected chi connectivity index (χ1v) is 3.50. The Balaban J connectivity index is 3.03. The van der Waals surface area contributed by atoms with Crippen molar-refractivity contribution in [3.63, 3.8) is 0 Å². The number of hydrogen-bond donors (Lipinski definition) is 1. The van der Waals surface area contributed by atoms with Crippen molar-refractivity contribution in [2.24, 2.45) is 0 Å². The van der Waals surface area contributed by atoms with Gasteiger partial charge < -0.3 is 10.1 Å². The molecule has 0 rings (SSSR count). The first-order chi connectivity index (χ1) is 5.13. The van der Waals surface area contributed by atoms with Gasteiger partial charge in [-0.15, -0.1) is 0 Å². The Labute approximate surface area is 65.9 Å². The molecule has 4 heteroatoms. The Bertz CT molecular complexity index is 129. The Hall–Kier alpha value is -1.06. The van der Waals surface area contributed by atoms with Crippen molar-refractivity contribution in [2.45, 2.75) is 20.3 Å². The number of amides is 1. The van der Waals surface area contributed by atoms with E-state index in [9.17, 15) is 9.59 Å². The van der Waals surface area contributed by atoms with E-state index >= 15 is 0 Å². The Morgan fingerprint density at radius 2 is 2.00 bits per heavy atom. The number of hydrogen-bond acceptors (Lipinski definition) is 3. The first-order valence-electron chi connectivity index (χ1n) is 3.50. The van der Waals surface area contributed by atoms with Crippen LogP contribution in [0.2, 0.25) is 0 Å². The second kappa shape index (κ2) is 5.70. The number of carbonyl (C=O) groups excluding carboxylic acids is 2. The number of carbonyl (C=O) groups is 2. The summed E-state index contributed by atoms with van der Waals surface area (Å²) in [5, 5.41) is 2.59. The van der Waals surface area contributed by atoms with Gasteiger partial charge in [-0.2, -0.15) is 0 Å². The van der Waals surface area contributed by atoms with Gasteiger partial charge in [0, 0.05) is 20.4 Å². The Kier molecular flexibility index (Phi) is 5.15. The molecular weight excluding hydrogens is 146 g/mol. The highest BCUT2D eigenvalue weighted by atomic mass is 16.5. The molecule has 1 amide bonds. The monoisotopic (exact) mass is 159 g/mol. The summed E-state index contributed by atoms with van der Waals surface area (Å²) in [7, 11) is 0.